The number of benzene rings is 1. The molecule has 1 N–H and O–H groups in total. The average Bonchev–Trinajstić information content (AvgIpc) is 2.91. The minimum absolute atomic E-state index is 0.0708. The molecule has 196 valence electrons. The van der Waals surface area contributed by atoms with Gasteiger partial charge in [0.15, 0.2) is 0 Å². The van der Waals surface area contributed by atoms with E-state index in [4.69, 9.17) is 9.72 Å². The summed E-state index contributed by atoms with van der Waals surface area (Å²) in [6.07, 6.45) is 4.34. The number of nitrogens with zero attached hydrogens (tertiary/aromatic N) is 4. The van der Waals surface area contributed by atoms with Gasteiger partial charge in [-0.25, -0.2) is 4.79 Å². The maximum atomic E-state index is 13.5. The van der Waals surface area contributed by atoms with E-state index in [1.165, 1.54) is 6.08 Å². The van der Waals surface area contributed by atoms with Crippen molar-refractivity contribution in [1.29, 1.82) is 0 Å². The molecule has 1 aromatic heterocycles. The van der Waals surface area contributed by atoms with Crippen LogP contribution in [0, 0.1) is 6.92 Å². The molecule has 1 aromatic carbocycles. The van der Waals surface area contributed by atoms with Crippen molar-refractivity contribution in [3.05, 3.63) is 65.0 Å². The minimum atomic E-state index is -0.342. The largest absolute Gasteiger partial charge is 0.508 e. The third kappa shape index (κ3) is 6.47. The first-order chi connectivity index (χ1) is 17.9. The standard InChI is InChI=1S/C28H34N4O5/c1-3-37-28(36)32-17-15-31(16-18-32)27(35)24-9-7-20(2)29-26(24)22-11-13-30(14-12-22)25(34)10-8-21-5-4-6-23(33)19-21/h4-10,19,22,33H,3,11-18H2,1-2H3/b10-8+. The van der Waals surface area contributed by atoms with Crippen molar-refractivity contribution in [2.24, 2.45) is 0 Å². The number of aryl methyl sites for hydroxylation is 1. The topological polar surface area (TPSA) is 103 Å². The summed E-state index contributed by atoms with van der Waals surface area (Å²) < 4.78 is 5.07. The predicted molar refractivity (Wildman–Crippen MR) is 139 cm³/mol. The normalized spacial score (nSPS) is 16.8. The van der Waals surface area contributed by atoms with Gasteiger partial charge in [0.1, 0.15) is 5.75 Å². The van der Waals surface area contributed by atoms with Crippen LogP contribution < -0.4 is 0 Å². The summed E-state index contributed by atoms with van der Waals surface area (Å²) in [5.74, 6) is 0.0967. The van der Waals surface area contributed by atoms with E-state index in [0.29, 0.717) is 51.4 Å². The number of piperidine rings is 1. The minimum Gasteiger partial charge on any atom is -0.508 e. The molecule has 3 heterocycles. The Morgan fingerprint density at radius 1 is 1.00 bits per heavy atom. The molecular weight excluding hydrogens is 472 g/mol. The maximum absolute atomic E-state index is 13.5. The molecule has 4 rings (SSSR count). The van der Waals surface area contributed by atoms with Crippen molar-refractivity contribution in [1.82, 2.24) is 19.7 Å². The number of aromatic nitrogens is 1. The van der Waals surface area contributed by atoms with Gasteiger partial charge in [0.25, 0.3) is 5.91 Å². The van der Waals surface area contributed by atoms with Crippen LogP contribution in [-0.2, 0) is 9.53 Å². The third-order valence-electron chi connectivity index (χ3n) is 6.87. The quantitative estimate of drug-likeness (QED) is 0.624. The summed E-state index contributed by atoms with van der Waals surface area (Å²) in [6.45, 7) is 6.95. The molecule has 0 radical (unpaired) electrons. The van der Waals surface area contributed by atoms with Crippen molar-refractivity contribution in [2.45, 2.75) is 32.6 Å². The number of phenols is 1. The van der Waals surface area contributed by atoms with Gasteiger partial charge in [-0.3, -0.25) is 14.6 Å². The second kappa shape index (κ2) is 11.9. The number of rotatable bonds is 5. The Morgan fingerprint density at radius 2 is 1.70 bits per heavy atom. The summed E-state index contributed by atoms with van der Waals surface area (Å²) in [4.78, 5) is 48.1. The fourth-order valence-corrected chi connectivity index (χ4v) is 4.82. The SMILES string of the molecule is CCOC(=O)N1CCN(C(=O)c2ccc(C)nc2C2CCN(C(=O)/C=C/c3cccc(O)c3)CC2)CC1. The first kappa shape index (κ1) is 26.2. The lowest BCUT2D eigenvalue weighted by Crippen LogP contribution is -2.51. The van der Waals surface area contributed by atoms with Gasteiger partial charge in [-0.15, -0.1) is 0 Å². The Labute approximate surface area is 217 Å². The highest BCUT2D eigenvalue weighted by atomic mass is 16.6. The van der Waals surface area contributed by atoms with Gasteiger partial charge in [-0.05, 0) is 62.6 Å². The number of pyridine rings is 1. The van der Waals surface area contributed by atoms with E-state index in [2.05, 4.69) is 0 Å². The molecule has 2 fully saturated rings. The van der Waals surface area contributed by atoms with Gasteiger partial charge in [0.05, 0.1) is 17.9 Å². The smallest absolute Gasteiger partial charge is 0.409 e. The molecule has 0 atom stereocenters. The van der Waals surface area contributed by atoms with E-state index in [-0.39, 0.29) is 29.6 Å². The highest BCUT2D eigenvalue weighted by molar-refractivity contribution is 5.96. The van der Waals surface area contributed by atoms with Crippen LogP contribution in [0.1, 0.15) is 53.0 Å². The number of amides is 3. The van der Waals surface area contributed by atoms with Gasteiger partial charge in [-0.1, -0.05) is 12.1 Å². The number of ether oxygens (including phenoxy) is 1. The molecule has 9 nitrogen and oxygen atoms in total. The zero-order chi connectivity index (χ0) is 26.4. The number of hydrogen-bond acceptors (Lipinski definition) is 6. The Kier molecular flexibility index (Phi) is 8.43. The summed E-state index contributed by atoms with van der Waals surface area (Å²) in [6, 6.07) is 10.5. The van der Waals surface area contributed by atoms with E-state index in [1.54, 1.807) is 41.0 Å². The highest BCUT2D eigenvalue weighted by Gasteiger charge is 2.31. The average molecular weight is 507 g/mol. The van der Waals surface area contributed by atoms with E-state index in [0.717, 1.165) is 29.8 Å². The van der Waals surface area contributed by atoms with Gasteiger partial charge < -0.3 is 24.5 Å². The predicted octanol–water partition coefficient (Wildman–Crippen LogP) is 3.43. The van der Waals surface area contributed by atoms with Crippen LogP contribution in [0.5, 0.6) is 5.75 Å². The number of carbonyl (C=O) groups excluding carboxylic acids is 3. The zero-order valence-corrected chi connectivity index (χ0v) is 21.4. The summed E-state index contributed by atoms with van der Waals surface area (Å²) in [5, 5.41) is 9.60. The first-order valence-electron chi connectivity index (χ1n) is 12.8. The number of phenolic OH excluding ortho intramolecular Hbond substituents is 1. The Hall–Kier alpha value is -3.88. The van der Waals surface area contributed by atoms with Crippen LogP contribution in [0.3, 0.4) is 0 Å². The van der Waals surface area contributed by atoms with Crippen LogP contribution in [0.2, 0.25) is 0 Å². The van der Waals surface area contributed by atoms with Crippen molar-refractivity contribution >= 4 is 24.0 Å². The first-order valence-corrected chi connectivity index (χ1v) is 12.8. The fourth-order valence-electron chi connectivity index (χ4n) is 4.82. The van der Waals surface area contributed by atoms with Gasteiger partial charge in [0, 0.05) is 57.0 Å². The molecule has 3 amide bonds. The molecule has 0 unspecified atom stereocenters. The number of hydrogen-bond donors (Lipinski definition) is 1. The number of piperazine rings is 1. The lowest BCUT2D eigenvalue weighted by atomic mass is 9.89. The van der Waals surface area contributed by atoms with Gasteiger partial charge in [-0.2, -0.15) is 0 Å². The summed E-state index contributed by atoms with van der Waals surface area (Å²) in [7, 11) is 0. The van der Waals surface area contributed by atoms with Crippen LogP contribution in [0.15, 0.2) is 42.5 Å². The van der Waals surface area contributed by atoms with Crippen LogP contribution in [0.25, 0.3) is 6.08 Å². The second-order valence-corrected chi connectivity index (χ2v) is 9.39. The van der Waals surface area contributed by atoms with Crippen molar-refractivity contribution in [3.8, 4) is 5.75 Å². The van der Waals surface area contributed by atoms with Crippen LogP contribution in [0.4, 0.5) is 4.79 Å². The van der Waals surface area contributed by atoms with Crippen molar-refractivity contribution in [2.75, 3.05) is 45.9 Å². The van der Waals surface area contributed by atoms with Crippen molar-refractivity contribution < 1.29 is 24.2 Å². The second-order valence-electron chi connectivity index (χ2n) is 9.39. The maximum Gasteiger partial charge on any atom is 0.409 e. The molecule has 0 aliphatic carbocycles. The molecule has 0 spiro atoms. The Bertz CT molecular complexity index is 1160. The molecule has 0 saturated carbocycles. The van der Waals surface area contributed by atoms with Gasteiger partial charge in [0.2, 0.25) is 5.91 Å². The summed E-state index contributed by atoms with van der Waals surface area (Å²) in [5.41, 5.74) is 3.01. The van der Waals surface area contributed by atoms with Gasteiger partial charge >= 0.3 is 6.09 Å². The fraction of sp³-hybridized carbons (Fsp3) is 0.429. The van der Waals surface area contributed by atoms with E-state index < -0.39 is 0 Å². The molecule has 2 saturated heterocycles. The highest BCUT2D eigenvalue weighted by Crippen LogP contribution is 2.30. The zero-order valence-electron chi connectivity index (χ0n) is 21.4. The number of likely N-dealkylation sites (tertiary alicyclic amines) is 1. The van der Waals surface area contributed by atoms with E-state index in [1.807, 2.05) is 30.0 Å². The molecule has 9 heteroatoms. The Balaban J connectivity index is 1.38. The molecule has 37 heavy (non-hydrogen) atoms. The molecule has 0 bridgehead atoms. The lowest BCUT2D eigenvalue weighted by Gasteiger charge is -2.35. The van der Waals surface area contributed by atoms with Crippen LogP contribution >= 0.6 is 0 Å². The van der Waals surface area contributed by atoms with E-state index in [9.17, 15) is 19.5 Å². The third-order valence-corrected chi connectivity index (χ3v) is 6.87. The molecule has 2 aromatic rings. The van der Waals surface area contributed by atoms with Crippen LogP contribution in [-0.4, -0.2) is 88.6 Å². The lowest BCUT2D eigenvalue weighted by molar-refractivity contribution is -0.127. The van der Waals surface area contributed by atoms with Crippen molar-refractivity contribution in [3.63, 3.8) is 0 Å². The Morgan fingerprint density at radius 3 is 2.38 bits per heavy atom. The van der Waals surface area contributed by atoms with E-state index >= 15 is 0 Å². The summed E-state index contributed by atoms with van der Waals surface area (Å²) >= 11 is 0. The molecular formula is C28H34N4O5. The number of carbonyl (C=O) groups is 3. The monoisotopic (exact) mass is 506 g/mol. The molecule has 2 aliphatic heterocycles. The number of aromatic hydroxyl groups is 1. The molecule has 2 aliphatic rings.